The van der Waals surface area contributed by atoms with E-state index in [-0.39, 0.29) is 48.2 Å². The van der Waals surface area contributed by atoms with E-state index in [1.807, 2.05) is 20.8 Å². The minimum Gasteiger partial charge on any atom is -0.512 e. The number of benzene rings is 1. The number of likely N-dealkylation sites (tertiary alicyclic amines) is 1. The summed E-state index contributed by atoms with van der Waals surface area (Å²) in [4.78, 5) is 14.3. The second-order valence-electron chi connectivity index (χ2n) is 9.98. The Morgan fingerprint density at radius 1 is 1.22 bits per heavy atom. The molecule has 6 nitrogen and oxygen atoms in total. The average molecular weight is 481 g/mol. The zero-order valence-electron chi connectivity index (χ0n) is 18.7. The smallest absolute Gasteiger partial charge is 0.410 e. The van der Waals surface area contributed by atoms with Crippen molar-refractivity contribution >= 4 is 35.0 Å². The fourth-order valence-electron chi connectivity index (χ4n) is 4.61. The number of hydrogen-bond donors (Lipinski definition) is 2. The first-order valence-corrected chi connectivity index (χ1v) is 11.9. The van der Waals surface area contributed by atoms with Crippen LogP contribution < -0.4 is 0 Å². The van der Waals surface area contributed by atoms with Crippen LogP contribution in [0.25, 0.3) is 0 Å². The van der Waals surface area contributed by atoms with Crippen LogP contribution in [-0.2, 0) is 9.47 Å². The first-order valence-electron chi connectivity index (χ1n) is 11.1. The number of aliphatic hydroxyl groups excluding tert-OH is 1. The summed E-state index contributed by atoms with van der Waals surface area (Å²) in [7, 11) is 0. The third-order valence-corrected chi connectivity index (χ3v) is 6.96. The Morgan fingerprint density at radius 2 is 1.88 bits per heavy atom. The van der Waals surface area contributed by atoms with Crippen molar-refractivity contribution in [2.24, 2.45) is 11.8 Å². The molecule has 4 rings (SSSR count). The van der Waals surface area contributed by atoms with Crippen LogP contribution in [0, 0.1) is 17.2 Å². The molecule has 0 spiro atoms. The number of nitrogens with one attached hydrogen (secondary N) is 1. The van der Waals surface area contributed by atoms with Gasteiger partial charge in [-0.05, 0) is 58.6 Å². The van der Waals surface area contributed by atoms with Crippen LogP contribution in [0.15, 0.2) is 29.5 Å². The molecule has 8 heteroatoms. The van der Waals surface area contributed by atoms with Gasteiger partial charge in [-0.2, -0.15) is 0 Å². The lowest BCUT2D eigenvalue weighted by Crippen LogP contribution is -2.44. The van der Waals surface area contributed by atoms with E-state index in [1.165, 1.54) is 0 Å². The number of piperidine rings is 1. The maximum absolute atomic E-state index is 12.5. The van der Waals surface area contributed by atoms with Gasteiger partial charge in [0.15, 0.2) is 0 Å². The molecule has 1 aromatic carbocycles. The summed E-state index contributed by atoms with van der Waals surface area (Å²) in [6, 6.07) is 5.20. The van der Waals surface area contributed by atoms with E-state index in [0.717, 1.165) is 25.7 Å². The molecule has 1 aliphatic heterocycles. The van der Waals surface area contributed by atoms with Gasteiger partial charge in [0.1, 0.15) is 11.4 Å². The van der Waals surface area contributed by atoms with Gasteiger partial charge < -0.3 is 19.5 Å². The van der Waals surface area contributed by atoms with E-state index >= 15 is 0 Å². The van der Waals surface area contributed by atoms with Crippen molar-refractivity contribution in [1.29, 1.82) is 5.41 Å². The lowest BCUT2D eigenvalue weighted by atomic mass is 9.99. The van der Waals surface area contributed by atoms with Gasteiger partial charge >= 0.3 is 6.09 Å². The number of carbonyl (C=O) groups is 1. The lowest BCUT2D eigenvalue weighted by molar-refractivity contribution is -0.00931. The lowest BCUT2D eigenvalue weighted by Gasteiger charge is -2.33. The molecule has 1 amide bonds. The molecule has 2 N–H and O–H groups in total. The summed E-state index contributed by atoms with van der Waals surface area (Å²) >= 11 is 12.6. The van der Waals surface area contributed by atoms with E-state index in [1.54, 1.807) is 23.1 Å². The number of aliphatic hydroxyl groups is 1. The second kappa shape index (κ2) is 8.88. The summed E-state index contributed by atoms with van der Waals surface area (Å²) in [5, 5.41) is 20.3. The van der Waals surface area contributed by atoms with Gasteiger partial charge in [0.25, 0.3) is 0 Å². The monoisotopic (exact) mass is 480 g/mol. The van der Waals surface area contributed by atoms with Gasteiger partial charge in [-0.15, -0.1) is 0 Å². The number of fused-ring (bicyclic) bond motifs is 2. The molecule has 3 aliphatic rings. The summed E-state index contributed by atoms with van der Waals surface area (Å²) in [6.07, 6.45) is 3.10. The van der Waals surface area contributed by atoms with Crippen molar-refractivity contribution in [3.05, 3.63) is 45.1 Å². The number of rotatable bonds is 6. The van der Waals surface area contributed by atoms with Crippen molar-refractivity contribution in [1.82, 2.24) is 4.90 Å². The Labute approximate surface area is 199 Å². The van der Waals surface area contributed by atoms with Crippen molar-refractivity contribution in [3.8, 4) is 0 Å². The molecule has 3 atom stereocenters. The maximum Gasteiger partial charge on any atom is 0.410 e. The molecule has 1 saturated heterocycles. The number of amides is 1. The standard InChI is InChI=1S/C24H30Cl2N2O4/c1-24(2,3)32-23(30)28-11-14-9-15(28)10-19(14)31-12-16(22(29)13-7-8-13)21(27)20-17(25)5-4-6-18(20)26/h4-6,13-15,19,27,29H,7-12H2,1-3H3/b22-16-,27-21?/t14-,15?,19?/m0/s1. The van der Waals surface area contributed by atoms with E-state index in [0.29, 0.717) is 27.7 Å². The zero-order valence-corrected chi connectivity index (χ0v) is 20.2. The highest BCUT2D eigenvalue weighted by atomic mass is 35.5. The predicted molar refractivity (Wildman–Crippen MR) is 125 cm³/mol. The molecule has 2 saturated carbocycles. The molecule has 2 aliphatic carbocycles. The Hall–Kier alpha value is -1.76. The fraction of sp³-hybridized carbons (Fsp3) is 0.583. The third kappa shape index (κ3) is 4.92. The molecular weight excluding hydrogens is 451 g/mol. The SMILES string of the molecule is CC(C)(C)OC(=O)N1C[C@@H]2CC1CC2OC/C(C(=N)c1c(Cl)cccc1Cl)=C(/O)C1CC1. The van der Waals surface area contributed by atoms with Gasteiger partial charge in [0.2, 0.25) is 0 Å². The molecular formula is C24H30Cl2N2O4. The number of ether oxygens (including phenoxy) is 2. The van der Waals surface area contributed by atoms with E-state index < -0.39 is 5.60 Å². The first kappa shape index (κ1) is 23.4. The van der Waals surface area contributed by atoms with Gasteiger partial charge in [-0.3, -0.25) is 5.41 Å². The van der Waals surface area contributed by atoms with Crippen LogP contribution in [-0.4, -0.2) is 52.7 Å². The second-order valence-corrected chi connectivity index (χ2v) is 10.8. The fourth-order valence-corrected chi connectivity index (χ4v) is 5.20. The van der Waals surface area contributed by atoms with Crippen LogP contribution in [0.5, 0.6) is 0 Å². The number of hydrogen-bond acceptors (Lipinski definition) is 5. The van der Waals surface area contributed by atoms with E-state index in [4.69, 9.17) is 38.1 Å². The highest BCUT2D eigenvalue weighted by molar-refractivity contribution is 6.41. The van der Waals surface area contributed by atoms with Gasteiger partial charge in [-0.25, -0.2) is 4.79 Å². The number of halogens is 2. The molecule has 32 heavy (non-hydrogen) atoms. The quantitative estimate of drug-likeness (QED) is 0.386. The summed E-state index contributed by atoms with van der Waals surface area (Å²) < 4.78 is 11.8. The summed E-state index contributed by atoms with van der Waals surface area (Å²) in [5.74, 6) is 0.484. The third-order valence-electron chi connectivity index (χ3n) is 6.33. The largest absolute Gasteiger partial charge is 0.512 e. The minimum absolute atomic E-state index is 0.0322. The van der Waals surface area contributed by atoms with Crippen molar-refractivity contribution in [3.63, 3.8) is 0 Å². The normalized spacial score (nSPS) is 25.7. The summed E-state index contributed by atoms with van der Waals surface area (Å²) in [5.41, 5.74) is 0.429. The highest BCUT2D eigenvalue weighted by Gasteiger charge is 2.48. The van der Waals surface area contributed by atoms with E-state index in [2.05, 4.69) is 0 Å². The molecule has 0 aromatic heterocycles. The first-order chi connectivity index (χ1) is 15.0. The topological polar surface area (TPSA) is 82.8 Å². The predicted octanol–water partition coefficient (Wildman–Crippen LogP) is 6.00. The van der Waals surface area contributed by atoms with Crippen LogP contribution in [0.4, 0.5) is 4.79 Å². The van der Waals surface area contributed by atoms with Gasteiger partial charge in [-0.1, -0.05) is 29.3 Å². The minimum atomic E-state index is -0.519. The molecule has 1 heterocycles. The average Bonchev–Trinajstić information content (AvgIpc) is 3.36. The van der Waals surface area contributed by atoms with Crippen LogP contribution in [0.2, 0.25) is 10.0 Å². The van der Waals surface area contributed by atoms with Gasteiger partial charge in [0, 0.05) is 35.6 Å². The van der Waals surface area contributed by atoms with Crippen LogP contribution >= 0.6 is 23.2 Å². The number of nitrogens with zero attached hydrogens (tertiary/aromatic N) is 1. The van der Waals surface area contributed by atoms with Gasteiger partial charge in [0.05, 0.1) is 28.5 Å². The molecule has 174 valence electrons. The van der Waals surface area contributed by atoms with Crippen LogP contribution in [0.1, 0.15) is 52.0 Å². The molecule has 3 fully saturated rings. The van der Waals surface area contributed by atoms with Crippen molar-refractivity contribution in [2.75, 3.05) is 13.2 Å². The van der Waals surface area contributed by atoms with E-state index in [9.17, 15) is 9.90 Å². The Balaban J connectivity index is 1.44. The number of carbonyl (C=O) groups excluding carboxylic acids is 1. The Bertz CT molecular complexity index is 932. The maximum atomic E-state index is 12.5. The molecule has 0 radical (unpaired) electrons. The molecule has 1 aromatic rings. The molecule has 2 unspecified atom stereocenters. The van der Waals surface area contributed by atoms with Crippen LogP contribution in [0.3, 0.4) is 0 Å². The Morgan fingerprint density at radius 3 is 2.41 bits per heavy atom. The molecule has 2 bridgehead atoms. The highest BCUT2D eigenvalue weighted by Crippen LogP contribution is 2.42. The number of allylic oxidation sites excluding steroid dienone is 1. The van der Waals surface area contributed by atoms with Crippen molar-refractivity contribution < 1.29 is 19.4 Å². The Kier molecular flexibility index (Phi) is 6.49. The summed E-state index contributed by atoms with van der Waals surface area (Å²) in [6.45, 7) is 6.32. The zero-order chi connectivity index (χ0) is 23.2. The van der Waals surface area contributed by atoms with Crippen molar-refractivity contribution in [2.45, 2.75) is 64.2 Å².